The van der Waals surface area contributed by atoms with Crippen molar-refractivity contribution in [2.75, 3.05) is 0 Å². The molecule has 100 valence electrons. The smallest absolute Gasteiger partial charge is 0.416 e. The Bertz CT molecular complexity index is 762. The first-order valence-corrected chi connectivity index (χ1v) is 6.25. The van der Waals surface area contributed by atoms with Gasteiger partial charge in [-0.2, -0.15) is 0 Å². The minimum atomic E-state index is -1.10. The molecule has 20 heavy (non-hydrogen) atoms. The van der Waals surface area contributed by atoms with Crippen LogP contribution in [0.4, 0.5) is 4.79 Å². The Kier molecular flexibility index (Phi) is 3.00. The summed E-state index contributed by atoms with van der Waals surface area (Å²) in [6, 6.07) is 17.9. The molecule has 2 aromatic carbocycles. The van der Waals surface area contributed by atoms with Crippen molar-refractivity contribution in [3.8, 4) is 0 Å². The van der Waals surface area contributed by atoms with E-state index in [1.165, 1.54) is 0 Å². The average Bonchev–Trinajstić information content (AvgIpc) is 2.86. The Hall–Kier alpha value is -2.59. The highest BCUT2D eigenvalue weighted by molar-refractivity contribution is 5.90. The van der Waals surface area contributed by atoms with E-state index in [2.05, 4.69) is 0 Å². The number of aliphatic hydroxyl groups excluding tert-OH is 1. The number of benzene rings is 2. The highest BCUT2D eigenvalue weighted by atomic mass is 16.4. The zero-order chi connectivity index (χ0) is 14.1. The van der Waals surface area contributed by atoms with Gasteiger partial charge in [-0.1, -0.05) is 48.5 Å². The molecule has 0 aliphatic rings. The first-order valence-electron chi connectivity index (χ1n) is 6.25. The zero-order valence-corrected chi connectivity index (χ0v) is 10.6. The van der Waals surface area contributed by atoms with Crippen LogP contribution in [0.3, 0.4) is 0 Å². The second-order valence-electron chi connectivity index (χ2n) is 4.56. The molecule has 1 atom stereocenters. The Morgan fingerprint density at radius 1 is 1.00 bits per heavy atom. The SMILES string of the molecule is O=C(O)n1c(C(O)c2ccccc2)cc2ccccc21. The van der Waals surface area contributed by atoms with Crippen LogP contribution in [0.2, 0.25) is 0 Å². The molecule has 0 saturated carbocycles. The summed E-state index contributed by atoms with van der Waals surface area (Å²) in [7, 11) is 0. The van der Waals surface area contributed by atoms with E-state index < -0.39 is 12.2 Å². The fourth-order valence-electron chi connectivity index (χ4n) is 2.40. The number of carboxylic acid groups (broad SMARTS) is 1. The molecule has 1 unspecified atom stereocenters. The summed E-state index contributed by atoms with van der Waals surface area (Å²) in [5.41, 5.74) is 1.59. The molecule has 0 fully saturated rings. The quantitative estimate of drug-likeness (QED) is 0.749. The third kappa shape index (κ3) is 1.96. The Labute approximate surface area is 115 Å². The maximum atomic E-state index is 11.5. The van der Waals surface area contributed by atoms with Crippen molar-refractivity contribution < 1.29 is 15.0 Å². The molecule has 2 N–H and O–H groups in total. The monoisotopic (exact) mass is 267 g/mol. The first-order chi connectivity index (χ1) is 9.68. The van der Waals surface area contributed by atoms with E-state index in [0.717, 1.165) is 9.95 Å². The third-order valence-corrected chi connectivity index (χ3v) is 3.33. The zero-order valence-electron chi connectivity index (χ0n) is 10.6. The number of nitrogens with zero attached hydrogens (tertiary/aromatic N) is 1. The predicted octanol–water partition coefficient (Wildman–Crippen LogP) is 3.25. The number of hydrogen-bond acceptors (Lipinski definition) is 2. The molecule has 3 rings (SSSR count). The van der Waals surface area contributed by atoms with Crippen molar-refractivity contribution >= 4 is 17.0 Å². The van der Waals surface area contributed by atoms with Crippen LogP contribution in [0.15, 0.2) is 60.7 Å². The summed E-state index contributed by atoms with van der Waals surface area (Å²) in [4.78, 5) is 11.5. The van der Waals surface area contributed by atoms with Gasteiger partial charge in [0.05, 0.1) is 11.2 Å². The lowest BCUT2D eigenvalue weighted by Crippen LogP contribution is -2.14. The molecule has 0 aliphatic heterocycles. The molecule has 1 heterocycles. The maximum Gasteiger partial charge on any atom is 0.416 e. The molecule has 0 spiro atoms. The number of hydrogen-bond donors (Lipinski definition) is 2. The lowest BCUT2D eigenvalue weighted by Gasteiger charge is -2.12. The number of aliphatic hydroxyl groups is 1. The molecule has 1 aromatic heterocycles. The van der Waals surface area contributed by atoms with Crippen molar-refractivity contribution in [2.45, 2.75) is 6.10 Å². The van der Waals surface area contributed by atoms with Gasteiger partial charge in [0.15, 0.2) is 0 Å². The molecule has 0 aliphatic carbocycles. The van der Waals surface area contributed by atoms with Crippen molar-refractivity contribution in [3.63, 3.8) is 0 Å². The summed E-state index contributed by atoms with van der Waals surface area (Å²) in [6.45, 7) is 0. The average molecular weight is 267 g/mol. The van der Waals surface area contributed by atoms with Crippen LogP contribution in [0.1, 0.15) is 17.4 Å². The van der Waals surface area contributed by atoms with Gasteiger partial charge in [-0.15, -0.1) is 0 Å². The number of aromatic nitrogens is 1. The van der Waals surface area contributed by atoms with E-state index in [1.807, 2.05) is 30.3 Å². The highest BCUT2D eigenvalue weighted by Crippen LogP contribution is 2.28. The van der Waals surface area contributed by atoms with Gasteiger partial charge in [0, 0.05) is 5.39 Å². The minimum absolute atomic E-state index is 0.352. The van der Waals surface area contributed by atoms with Crippen LogP contribution in [0, 0.1) is 0 Å². The van der Waals surface area contributed by atoms with Gasteiger partial charge in [-0.05, 0) is 17.7 Å². The van der Waals surface area contributed by atoms with Crippen LogP contribution in [0.25, 0.3) is 10.9 Å². The summed E-state index contributed by atoms with van der Waals surface area (Å²) >= 11 is 0. The number of fused-ring (bicyclic) bond motifs is 1. The number of para-hydroxylation sites is 1. The van der Waals surface area contributed by atoms with Crippen LogP contribution in [0.5, 0.6) is 0 Å². The fourth-order valence-corrected chi connectivity index (χ4v) is 2.40. The minimum Gasteiger partial charge on any atom is -0.464 e. The van der Waals surface area contributed by atoms with E-state index in [4.69, 9.17) is 0 Å². The van der Waals surface area contributed by atoms with E-state index in [0.29, 0.717) is 16.8 Å². The standard InChI is InChI=1S/C16H13NO3/c18-15(11-6-2-1-3-7-11)14-10-12-8-4-5-9-13(12)17(14)16(19)20/h1-10,15,18H,(H,19,20). The van der Waals surface area contributed by atoms with Crippen LogP contribution >= 0.6 is 0 Å². The summed E-state index contributed by atoms with van der Waals surface area (Å²) in [5, 5.41) is 20.6. The maximum absolute atomic E-state index is 11.5. The lowest BCUT2D eigenvalue weighted by atomic mass is 10.1. The lowest BCUT2D eigenvalue weighted by molar-refractivity contribution is 0.184. The predicted molar refractivity (Wildman–Crippen MR) is 75.9 cm³/mol. The Balaban J connectivity index is 2.21. The largest absolute Gasteiger partial charge is 0.464 e. The molecule has 0 bridgehead atoms. The number of rotatable bonds is 2. The van der Waals surface area contributed by atoms with E-state index in [-0.39, 0.29) is 0 Å². The Morgan fingerprint density at radius 3 is 2.35 bits per heavy atom. The van der Waals surface area contributed by atoms with Crippen molar-refractivity contribution in [3.05, 3.63) is 71.9 Å². The number of carbonyl (C=O) groups is 1. The van der Waals surface area contributed by atoms with Gasteiger partial charge >= 0.3 is 6.09 Å². The molecule has 4 heteroatoms. The van der Waals surface area contributed by atoms with Crippen molar-refractivity contribution in [1.29, 1.82) is 0 Å². The highest BCUT2D eigenvalue weighted by Gasteiger charge is 2.20. The molecular weight excluding hydrogens is 254 g/mol. The molecule has 4 nitrogen and oxygen atoms in total. The third-order valence-electron chi connectivity index (χ3n) is 3.33. The summed E-state index contributed by atoms with van der Waals surface area (Å²) < 4.78 is 1.13. The van der Waals surface area contributed by atoms with E-state index in [9.17, 15) is 15.0 Å². The van der Waals surface area contributed by atoms with E-state index in [1.54, 1.807) is 30.3 Å². The fraction of sp³-hybridized carbons (Fsp3) is 0.0625. The second-order valence-corrected chi connectivity index (χ2v) is 4.56. The van der Waals surface area contributed by atoms with Crippen molar-refractivity contribution in [2.24, 2.45) is 0 Å². The topological polar surface area (TPSA) is 62.5 Å². The molecule has 0 saturated heterocycles. The normalized spacial score (nSPS) is 12.4. The van der Waals surface area contributed by atoms with Crippen LogP contribution in [-0.2, 0) is 0 Å². The summed E-state index contributed by atoms with van der Waals surface area (Å²) in [6.07, 6.45) is -2.07. The van der Waals surface area contributed by atoms with Crippen LogP contribution in [-0.4, -0.2) is 20.9 Å². The molecular formula is C16H13NO3. The Morgan fingerprint density at radius 2 is 1.65 bits per heavy atom. The van der Waals surface area contributed by atoms with Gasteiger partial charge in [0.1, 0.15) is 6.10 Å². The second kappa shape index (κ2) is 4.83. The van der Waals surface area contributed by atoms with Crippen molar-refractivity contribution in [1.82, 2.24) is 4.57 Å². The summed E-state index contributed by atoms with van der Waals surface area (Å²) in [5.74, 6) is 0. The van der Waals surface area contributed by atoms with E-state index >= 15 is 0 Å². The van der Waals surface area contributed by atoms with Gasteiger partial charge in [0.25, 0.3) is 0 Å². The van der Waals surface area contributed by atoms with Crippen LogP contribution < -0.4 is 0 Å². The molecule has 0 radical (unpaired) electrons. The van der Waals surface area contributed by atoms with Gasteiger partial charge in [-0.3, -0.25) is 0 Å². The first kappa shape index (κ1) is 12.4. The molecule has 0 amide bonds. The van der Waals surface area contributed by atoms with Gasteiger partial charge in [-0.25, -0.2) is 9.36 Å². The molecule has 3 aromatic rings. The van der Waals surface area contributed by atoms with Gasteiger partial charge in [0.2, 0.25) is 0 Å². The van der Waals surface area contributed by atoms with Gasteiger partial charge < -0.3 is 10.2 Å².